The summed E-state index contributed by atoms with van der Waals surface area (Å²) in [7, 11) is 4.81. The lowest BCUT2D eigenvalue weighted by atomic mass is 10.2. The summed E-state index contributed by atoms with van der Waals surface area (Å²) in [6, 6.07) is 5.95. The summed E-state index contributed by atoms with van der Waals surface area (Å²) < 4.78 is 18.3. The summed E-state index contributed by atoms with van der Waals surface area (Å²) in [6.45, 7) is 2.03. The highest BCUT2D eigenvalue weighted by Crippen LogP contribution is 2.18. The zero-order valence-corrected chi connectivity index (χ0v) is 11.2. The van der Waals surface area contributed by atoms with Gasteiger partial charge in [-0.05, 0) is 24.6 Å². The van der Waals surface area contributed by atoms with Crippen molar-refractivity contribution >= 4 is 54.9 Å². The van der Waals surface area contributed by atoms with Crippen molar-refractivity contribution in [3.63, 3.8) is 0 Å². The monoisotopic (exact) mass is 290 g/mol. The van der Waals surface area contributed by atoms with E-state index in [1.807, 2.05) is 25.1 Å². The number of hydrogen-bond donors (Lipinski definition) is 2. The standard InChI is InChI=1S/C7H8S2.Cl2O2S/c1-5-2-3-6(8)7(9)4-5;1-5(2,3)4/h2-4,8-9H,1H3;. The van der Waals surface area contributed by atoms with Crippen molar-refractivity contribution in [1.82, 2.24) is 0 Å². The third-order valence-electron chi connectivity index (χ3n) is 1.13. The molecule has 2 nitrogen and oxygen atoms in total. The maximum absolute atomic E-state index is 9.16. The summed E-state index contributed by atoms with van der Waals surface area (Å²) in [5.74, 6) is 0. The number of thiol groups is 2. The minimum Gasteiger partial charge on any atom is -0.195 e. The maximum atomic E-state index is 9.16. The molecule has 0 aliphatic carbocycles. The molecule has 0 aliphatic rings. The second-order valence-electron chi connectivity index (χ2n) is 2.37. The van der Waals surface area contributed by atoms with Crippen LogP contribution in [0.5, 0.6) is 0 Å². The Morgan fingerprint density at radius 2 is 1.57 bits per heavy atom. The van der Waals surface area contributed by atoms with Crippen LogP contribution in [0.2, 0.25) is 0 Å². The third kappa shape index (κ3) is 9.02. The molecule has 0 saturated heterocycles. The molecule has 0 radical (unpaired) electrons. The number of rotatable bonds is 0. The van der Waals surface area contributed by atoms with Gasteiger partial charge in [0.25, 0.3) is 0 Å². The third-order valence-corrected chi connectivity index (χ3v) is 2.07. The van der Waals surface area contributed by atoms with Crippen LogP contribution in [0.1, 0.15) is 5.56 Å². The average molecular weight is 291 g/mol. The van der Waals surface area contributed by atoms with Crippen molar-refractivity contribution in [2.24, 2.45) is 0 Å². The fourth-order valence-corrected chi connectivity index (χ4v) is 1.05. The fourth-order valence-electron chi connectivity index (χ4n) is 0.633. The largest absolute Gasteiger partial charge is 0.317 e. The molecule has 0 aliphatic heterocycles. The predicted octanol–water partition coefficient (Wildman–Crippen LogP) is 3.28. The Bertz CT molecular complexity index is 395. The van der Waals surface area contributed by atoms with Crippen LogP contribution in [-0.2, 0) is 8.26 Å². The normalized spacial score (nSPS) is 10.4. The van der Waals surface area contributed by atoms with E-state index in [-0.39, 0.29) is 0 Å². The van der Waals surface area contributed by atoms with Gasteiger partial charge in [0.1, 0.15) is 0 Å². The van der Waals surface area contributed by atoms with Crippen molar-refractivity contribution in [2.75, 3.05) is 0 Å². The quantitative estimate of drug-likeness (QED) is 0.568. The lowest BCUT2D eigenvalue weighted by molar-refractivity contribution is 0.621. The Morgan fingerprint density at radius 3 is 1.86 bits per heavy atom. The van der Waals surface area contributed by atoms with Crippen LogP contribution >= 0.6 is 46.6 Å². The molecule has 0 heterocycles. The molecule has 0 aromatic heterocycles. The minimum absolute atomic E-state index is 0.934. The van der Waals surface area contributed by atoms with Crippen molar-refractivity contribution < 1.29 is 8.42 Å². The molecule has 80 valence electrons. The molecular formula is C7H8Cl2O2S3. The molecule has 0 spiro atoms. The Balaban J connectivity index is 0.000000292. The van der Waals surface area contributed by atoms with Gasteiger partial charge in [0.15, 0.2) is 0 Å². The van der Waals surface area contributed by atoms with Gasteiger partial charge in [0.05, 0.1) is 0 Å². The van der Waals surface area contributed by atoms with Gasteiger partial charge in [-0.3, -0.25) is 0 Å². The van der Waals surface area contributed by atoms with Gasteiger partial charge in [0.2, 0.25) is 0 Å². The van der Waals surface area contributed by atoms with E-state index in [2.05, 4.69) is 46.6 Å². The van der Waals surface area contributed by atoms with Crippen molar-refractivity contribution in [1.29, 1.82) is 0 Å². The van der Waals surface area contributed by atoms with Crippen LogP contribution in [0.25, 0.3) is 0 Å². The number of halogens is 2. The Kier molecular flexibility index (Phi) is 6.32. The van der Waals surface area contributed by atoms with Crippen LogP contribution in [-0.4, -0.2) is 8.42 Å². The lowest BCUT2D eigenvalue weighted by Gasteiger charge is -1.96. The highest BCUT2D eigenvalue weighted by Gasteiger charge is 1.91. The zero-order valence-electron chi connectivity index (χ0n) is 7.11. The molecule has 1 rings (SSSR count). The zero-order chi connectivity index (χ0) is 11.4. The Morgan fingerprint density at radius 1 is 1.14 bits per heavy atom. The van der Waals surface area contributed by atoms with Crippen LogP contribution < -0.4 is 0 Å². The van der Waals surface area contributed by atoms with E-state index in [1.165, 1.54) is 5.56 Å². The van der Waals surface area contributed by atoms with E-state index in [1.54, 1.807) is 0 Å². The van der Waals surface area contributed by atoms with Gasteiger partial charge < -0.3 is 0 Å². The Hall–Kier alpha value is 0.450. The number of hydrogen-bond acceptors (Lipinski definition) is 4. The molecule has 1 aromatic rings. The molecule has 0 unspecified atom stereocenters. The smallest absolute Gasteiger partial charge is 0.195 e. The topological polar surface area (TPSA) is 34.1 Å². The van der Waals surface area contributed by atoms with E-state index < -0.39 is 8.26 Å². The summed E-state index contributed by atoms with van der Waals surface area (Å²) in [4.78, 5) is 1.88. The van der Waals surface area contributed by atoms with Gasteiger partial charge in [-0.1, -0.05) is 6.07 Å². The minimum atomic E-state index is -3.72. The van der Waals surface area contributed by atoms with E-state index in [0.29, 0.717) is 0 Å². The molecule has 0 saturated carbocycles. The SMILES string of the molecule is Cc1ccc(S)c(S)c1.O=S(=O)(Cl)Cl. The first kappa shape index (κ1) is 14.5. The van der Waals surface area contributed by atoms with E-state index in [4.69, 9.17) is 8.42 Å². The van der Waals surface area contributed by atoms with Crippen molar-refractivity contribution in [3.05, 3.63) is 23.8 Å². The van der Waals surface area contributed by atoms with Crippen molar-refractivity contribution in [2.45, 2.75) is 16.7 Å². The van der Waals surface area contributed by atoms with Crippen LogP contribution in [0.15, 0.2) is 28.0 Å². The lowest BCUT2D eigenvalue weighted by Crippen LogP contribution is -1.73. The summed E-state index contributed by atoms with van der Waals surface area (Å²) in [6.07, 6.45) is 0. The van der Waals surface area contributed by atoms with E-state index in [9.17, 15) is 0 Å². The Labute approximate surface area is 103 Å². The van der Waals surface area contributed by atoms with Gasteiger partial charge in [-0.15, -0.1) is 25.3 Å². The number of aryl methyl sites for hydroxylation is 1. The van der Waals surface area contributed by atoms with E-state index >= 15 is 0 Å². The highest BCUT2D eigenvalue weighted by atomic mass is 36.0. The maximum Gasteiger partial charge on any atom is 0.317 e. The van der Waals surface area contributed by atoms with Crippen LogP contribution in [0.4, 0.5) is 0 Å². The van der Waals surface area contributed by atoms with Crippen LogP contribution in [0, 0.1) is 6.92 Å². The fraction of sp³-hybridized carbons (Fsp3) is 0.143. The van der Waals surface area contributed by atoms with Crippen molar-refractivity contribution in [3.8, 4) is 0 Å². The highest BCUT2D eigenvalue weighted by molar-refractivity contribution is 8.31. The molecular weight excluding hydrogens is 283 g/mol. The second kappa shape index (κ2) is 6.12. The van der Waals surface area contributed by atoms with Crippen LogP contribution in [0.3, 0.4) is 0 Å². The molecule has 14 heavy (non-hydrogen) atoms. The first-order chi connectivity index (χ1) is 6.20. The average Bonchev–Trinajstić information content (AvgIpc) is 1.94. The molecule has 7 heteroatoms. The summed E-state index contributed by atoms with van der Waals surface area (Å²) in [5.41, 5.74) is 1.22. The molecule has 0 bridgehead atoms. The summed E-state index contributed by atoms with van der Waals surface area (Å²) in [5, 5.41) is 0. The molecule has 0 amide bonds. The second-order valence-corrected chi connectivity index (χ2v) is 7.00. The van der Waals surface area contributed by atoms with Gasteiger partial charge in [0, 0.05) is 31.2 Å². The molecule has 1 aromatic carbocycles. The molecule has 0 fully saturated rings. The van der Waals surface area contributed by atoms with Gasteiger partial charge >= 0.3 is 8.26 Å². The van der Waals surface area contributed by atoms with Gasteiger partial charge in [-0.2, -0.15) is 8.42 Å². The summed E-state index contributed by atoms with van der Waals surface area (Å²) >= 11 is 8.36. The molecule has 0 N–H and O–H groups in total. The molecule has 0 atom stereocenters. The predicted molar refractivity (Wildman–Crippen MR) is 66.3 cm³/mol. The first-order valence-corrected chi connectivity index (χ1v) is 7.36. The first-order valence-electron chi connectivity index (χ1n) is 3.33. The van der Waals surface area contributed by atoms with Gasteiger partial charge in [-0.25, -0.2) is 0 Å². The number of benzene rings is 1. The van der Waals surface area contributed by atoms with E-state index in [0.717, 1.165) is 9.79 Å².